The fraction of sp³-hybridized carbons (Fsp3) is 0.267. The summed E-state index contributed by atoms with van der Waals surface area (Å²) in [5, 5.41) is 10.3. The van der Waals surface area contributed by atoms with Crippen LogP contribution < -0.4 is 15.8 Å². The third-order valence-electron chi connectivity index (χ3n) is 2.81. The molecule has 0 radical (unpaired) electrons. The topological polar surface area (TPSA) is 90.1 Å². The number of halogens is 2. The molecule has 6 nitrogen and oxygen atoms in total. The normalized spacial score (nSPS) is 10.7. The Morgan fingerprint density at radius 2 is 2.09 bits per heavy atom. The van der Waals surface area contributed by atoms with Crippen molar-refractivity contribution in [2.75, 3.05) is 5.32 Å². The number of aromatic nitrogens is 2. The quantitative estimate of drug-likeness (QED) is 0.827. The predicted octanol–water partition coefficient (Wildman–Crippen LogP) is 3.18. The number of amides is 1. The van der Waals surface area contributed by atoms with Crippen LogP contribution in [0.3, 0.4) is 0 Å². The van der Waals surface area contributed by atoms with Gasteiger partial charge in [-0.1, -0.05) is 19.4 Å². The van der Waals surface area contributed by atoms with Gasteiger partial charge in [-0.3, -0.25) is 4.79 Å². The zero-order valence-corrected chi connectivity index (χ0v) is 14.3. The van der Waals surface area contributed by atoms with Crippen LogP contribution in [0.2, 0.25) is 0 Å². The maximum atomic E-state index is 11.9. The summed E-state index contributed by atoms with van der Waals surface area (Å²) in [5.74, 6) is 0.759. The van der Waals surface area contributed by atoms with Crippen LogP contribution in [0, 0.1) is 0 Å². The molecule has 1 aromatic carbocycles. The van der Waals surface area contributed by atoms with E-state index in [2.05, 4.69) is 15.5 Å². The van der Waals surface area contributed by atoms with Crippen molar-refractivity contribution in [1.82, 2.24) is 10.2 Å². The van der Waals surface area contributed by atoms with Gasteiger partial charge in [0.2, 0.25) is 11.8 Å². The van der Waals surface area contributed by atoms with E-state index in [4.69, 9.17) is 10.5 Å². The molecule has 0 bridgehead atoms. The fourth-order valence-electron chi connectivity index (χ4n) is 1.78. The highest BCUT2D eigenvalue weighted by molar-refractivity contribution is 5.94. The van der Waals surface area contributed by atoms with Crippen LogP contribution in [0.1, 0.15) is 19.8 Å². The van der Waals surface area contributed by atoms with Crippen molar-refractivity contribution in [3.8, 4) is 11.6 Å². The number of ether oxygens (including phenoxy) is 1. The predicted molar refractivity (Wildman–Crippen MR) is 94.6 cm³/mol. The summed E-state index contributed by atoms with van der Waals surface area (Å²) in [4.78, 5) is 11.9. The van der Waals surface area contributed by atoms with Gasteiger partial charge < -0.3 is 15.8 Å². The Morgan fingerprint density at radius 3 is 2.74 bits per heavy atom. The third kappa shape index (κ3) is 6.81. The van der Waals surface area contributed by atoms with Gasteiger partial charge in [0.1, 0.15) is 5.75 Å². The Hall–Kier alpha value is -1.89. The van der Waals surface area contributed by atoms with Gasteiger partial charge in [0.05, 0.1) is 6.04 Å². The van der Waals surface area contributed by atoms with Crippen molar-refractivity contribution in [1.29, 1.82) is 0 Å². The smallest absolute Gasteiger partial charge is 0.241 e. The van der Waals surface area contributed by atoms with Gasteiger partial charge in [0.15, 0.2) is 0 Å². The molecule has 0 saturated carbocycles. The van der Waals surface area contributed by atoms with Crippen LogP contribution in [0.25, 0.3) is 0 Å². The minimum absolute atomic E-state index is 0. The fourth-order valence-corrected chi connectivity index (χ4v) is 1.78. The van der Waals surface area contributed by atoms with E-state index in [9.17, 15) is 4.79 Å². The lowest BCUT2D eigenvalue weighted by Gasteiger charge is -2.12. The lowest BCUT2D eigenvalue weighted by molar-refractivity contribution is -0.117. The van der Waals surface area contributed by atoms with Crippen LogP contribution in [-0.4, -0.2) is 22.1 Å². The standard InChI is InChI=1S/C15H18N4O2.2ClH/c1-2-5-13(16)15(20)18-11-6-3-7-12(10-11)21-14-8-4-9-17-19-14;;/h3-4,6-10,13H,2,5,16H2,1H3,(H,18,20);2*1H. The van der Waals surface area contributed by atoms with Gasteiger partial charge in [-0.05, 0) is 24.6 Å². The first kappa shape index (κ1) is 21.1. The van der Waals surface area contributed by atoms with Gasteiger partial charge in [0.25, 0.3) is 0 Å². The zero-order valence-electron chi connectivity index (χ0n) is 12.6. The summed E-state index contributed by atoms with van der Waals surface area (Å²) in [6.07, 6.45) is 3.09. The van der Waals surface area contributed by atoms with Crippen LogP contribution in [0.4, 0.5) is 5.69 Å². The second kappa shape index (κ2) is 10.8. The molecule has 1 amide bonds. The third-order valence-corrected chi connectivity index (χ3v) is 2.81. The van der Waals surface area contributed by atoms with Crippen LogP contribution in [-0.2, 0) is 4.79 Å². The first-order valence-electron chi connectivity index (χ1n) is 6.81. The SMILES string of the molecule is CCCC(N)C(=O)Nc1cccc(Oc2cccnn2)c1.Cl.Cl. The molecule has 0 saturated heterocycles. The van der Waals surface area contributed by atoms with Crippen molar-refractivity contribution in [3.05, 3.63) is 42.6 Å². The molecule has 3 N–H and O–H groups in total. The monoisotopic (exact) mass is 358 g/mol. The largest absolute Gasteiger partial charge is 0.437 e. The summed E-state index contributed by atoms with van der Waals surface area (Å²) >= 11 is 0. The molecule has 8 heteroatoms. The van der Waals surface area contributed by atoms with E-state index in [0.717, 1.165) is 6.42 Å². The van der Waals surface area contributed by atoms with E-state index < -0.39 is 6.04 Å². The molecule has 1 heterocycles. The number of benzene rings is 1. The van der Waals surface area contributed by atoms with Crippen LogP contribution in [0.15, 0.2) is 42.6 Å². The van der Waals surface area contributed by atoms with Gasteiger partial charge in [-0.15, -0.1) is 29.9 Å². The van der Waals surface area contributed by atoms with Crippen LogP contribution >= 0.6 is 24.8 Å². The molecule has 1 atom stereocenters. The number of hydrogen-bond donors (Lipinski definition) is 2. The molecule has 0 aliphatic heterocycles. The van der Waals surface area contributed by atoms with Crippen molar-refractivity contribution in [3.63, 3.8) is 0 Å². The Balaban J connectivity index is 0.00000242. The zero-order chi connectivity index (χ0) is 15.1. The summed E-state index contributed by atoms with van der Waals surface area (Å²) in [5.41, 5.74) is 6.41. The van der Waals surface area contributed by atoms with Gasteiger partial charge in [0, 0.05) is 24.0 Å². The maximum absolute atomic E-state index is 11.9. The van der Waals surface area contributed by atoms with E-state index in [0.29, 0.717) is 23.7 Å². The molecule has 23 heavy (non-hydrogen) atoms. The number of nitrogens with zero attached hydrogens (tertiary/aromatic N) is 2. The van der Waals surface area contributed by atoms with E-state index in [1.54, 1.807) is 42.6 Å². The van der Waals surface area contributed by atoms with E-state index in [1.165, 1.54) is 0 Å². The first-order chi connectivity index (χ1) is 10.2. The number of carbonyl (C=O) groups excluding carboxylic acids is 1. The van der Waals surface area contributed by atoms with Crippen LogP contribution in [0.5, 0.6) is 11.6 Å². The van der Waals surface area contributed by atoms with Crippen molar-refractivity contribution in [2.45, 2.75) is 25.8 Å². The van der Waals surface area contributed by atoms with Crippen molar-refractivity contribution in [2.24, 2.45) is 5.73 Å². The molecule has 1 unspecified atom stereocenters. The average Bonchev–Trinajstić information content (AvgIpc) is 2.49. The van der Waals surface area contributed by atoms with E-state index >= 15 is 0 Å². The van der Waals surface area contributed by atoms with E-state index in [-0.39, 0.29) is 30.7 Å². The molecule has 0 aliphatic carbocycles. The minimum Gasteiger partial charge on any atom is -0.437 e. The molecule has 1 aromatic heterocycles. The number of anilines is 1. The number of nitrogens with two attached hydrogens (primary N) is 1. The lowest BCUT2D eigenvalue weighted by Crippen LogP contribution is -2.35. The molecular formula is C15H20Cl2N4O2. The number of nitrogens with one attached hydrogen (secondary N) is 1. The Kier molecular flexibility index (Phi) is 9.89. The molecule has 0 aliphatic rings. The summed E-state index contributed by atoms with van der Waals surface area (Å²) in [6.45, 7) is 1.99. The maximum Gasteiger partial charge on any atom is 0.241 e. The van der Waals surface area contributed by atoms with Crippen molar-refractivity contribution < 1.29 is 9.53 Å². The first-order valence-corrected chi connectivity index (χ1v) is 6.81. The van der Waals surface area contributed by atoms with E-state index in [1.807, 2.05) is 6.92 Å². The number of hydrogen-bond acceptors (Lipinski definition) is 5. The second-order valence-electron chi connectivity index (χ2n) is 4.58. The highest BCUT2D eigenvalue weighted by Crippen LogP contribution is 2.22. The summed E-state index contributed by atoms with van der Waals surface area (Å²) in [7, 11) is 0. The lowest BCUT2D eigenvalue weighted by atomic mass is 10.1. The Bertz CT molecular complexity index is 599. The molecule has 0 spiro atoms. The number of rotatable bonds is 6. The van der Waals surface area contributed by atoms with Gasteiger partial charge in [-0.2, -0.15) is 5.10 Å². The highest BCUT2D eigenvalue weighted by Gasteiger charge is 2.12. The molecular weight excluding hydrogens is 339 g/mol. The number of carbonyl (C=O) groups is 1. The molecule has 2 rings (SSSR count). The Morgan fingerprint density at radius 1 is 1.30 bits per heavy atom. The molecule has 0 fully saturated rings. The molecule has 2 aromatic rings. The average molecular weight is 359 g/mol. The highest BCUT2D eigenvalue weighted by atomic mass is 35.5. The molecule has 126 valence electrons. The van der Waals surface area contributed by atoms with Crippen molar-refractivity contribution >= 4 is 36.4 Å². The minimum atomic E-state index is -0.500. The van der Waals surface area contributed by atoms with Gasteiger partial charge in [-0.25, -0.2) is 0 Å². The van der Waals surface area contributed by atoms with Gasteiger partial charge >= 0.3 is 0 Å². The summed E-state index contributed by atoms with van der Waals surface area (Å²) in [6, 6.07) is 9.99. The second-order valence-corrected chi connectivity index (χ2v) is 4.58. The Labute approximate surface area is 147 Å². The summed E-state index contributed by atoms with van der Waals surface area (Å²) < 4.78 is 5.55.